The van der Waals surface area contributed by atoms with Gasteiger partial charge >= 0.3 is 0 Å². The zero-order valence-corrected chi connectivity index (χ0v) is 15.8. The van der Waals surface area contributed by atoms with E-state index >= 15 is 0 Å². The normalized spacial score (nSPS) is 10.7. The van der Waals surface area contributed by atoms with Crippen molar-refractivity contribution in [3.8, 4) is 11.5 Å². The number of benzene rings is 2. The van der Waals surface area contributed by atoms with Gasteiger partial charge in [-0.2, -0.15) is 0 Å². The Hall–Kier alpha value is -3.94. The van der Waals surface area contributed by atoms with Crippen molar-refractivity contribution < 1.29 is 13.9 Å². The first kappa shape index (κ1) is 18.4. The first-order chi connectivity index (χ1) is 14.0. The average Bonchev–Trinajstić information content (AvgIpc) is 3.02. The second-order valence-electron chi connectivity index (χ2n) is 6.34. The number of imidazole rings is 1. The van der Waals surface area contributed by atoms with E-state index in [9.17, 15) is 9.18 Å². The molecule has 29 heavy (non-hydrogen) atoms. The van der Waals surface area contributed by atoms with Crippen LogP contribution in [-0.4, -0.2) is 27.5 Å². The molecule has 0 saturated heterocycles. The number of amides is 1. The molecule has 0 bridgehead atoms. The summed E-state index contributed by atoms with van der Waals surface area (Å²) in [7, 11) is 3.41. The Balaban J connectivity index is 1.61. The quantitative estimate of drug-likeness (QED) is 0.537. The second kappa shape index (κ2) is 7.59. The summed E-state index contributed by atoms with van der Waals surface area (Å²) in [5.74, 6) is 1.03. The predicted molar refractivity (Wildman–Crippen MR) is 108 cm³/mol. The summed E-state index contributed by atoms with van der Waals surface area (Å²) < 4.78 is 21.2. The van der Waals surface area contributed by atoms with E-state index in [1.165, 1.54) is 18.3 Å². The topological polar surface area (TPSA) is 81.1 Å². The average molecular weight is 391 g/mol. The van der Waals surface area contributed by atoms with E-state index in [0.29, 0.717) is 28.7 Å². The van der Waals surface area contributed by atoms with Crippen LogP contribution in [-0.2, 0) is 7.05 Å². The van der Waals surface area contributed by atoms with Crippen LogP contribution in [0.2, 0.25) is 0 Å². The summed E-state index contributed by atoms with van der Waals surface area (Å²) in [5.41, 5.74) is 2.48. The van der Waals surface area contributed by atoms with Crippen molar-refractivity contribution >= 4 is 28.6 Å². The lowest BCUT2D eigenvalue weighted by molar-refractivity contribution is 0.0958. The van der Waals surface area contributed by atoms with Crippen molar-refractivity contribution in [2.24, 2.45) is 7.05 Å². The van der Waals surface area contributed by atoms with Gasteiger partial charge in [-0.15, -0.1) is 0 Å². The van der Waals surface area contributed by atoms with E-state index in [0.717, 1.165) is 5.52 Å². The fourth-order valence-corrected chi connectivity index (χ4v) is 2.91. The Labute approximate surface area is 166 Å². The van der Waals surface area contributed by atoms with Gasteiger partial charge in [0.05, 0.1) is 11.0 Å². The molecule has 0 aliphatic heterocycles. The van der Waals surface area contributed by atoms with Crippen molar-refractivity contribution in [2.45, 2.75) is 0 Å². The van der Waals surface area contributed by atoms with E-state index in [2.05, 4.69) is 20.6 Å². The first-order valence-electron chi connectivity index (χ1n) is 8.88. The minimum absolute atomic E-state index is 0.269. The maximum absolute atomic E-state index is 13.4. The summed E-state index contributed by atoms with van der Waals surface area (Å²) in [6, 6.07) is 14.9. The first-order valence-corrected chi connectivity index (χ1v) is 8.88. The van der Waals surface area contributed by atoms with Crippen LogP contribution in [0.25, 0.3) is 11.0 Å². The third kappa shape index (κ3) is 3.86. The number of hydrogen-bond acceptors (Lipinski definition) is 5. The third-order valence-electron chi connectivity index (χ3n) is 4.36. The van der Waals surface area contributed by atoms with E-state index < -0.39 is 0 Å². The van der Waals surface area contributed by atoms with Crippen LogP contribution in [0.5, 0.6) is 11.5 Å². The van der Waals surface area contributed by atoms with Gasteiger partial charge < -0.3 is 19.9 Å². The SMILES string of the molecule is CNC(=O)c1cc(Oc2ccc3c(c2)nc(Nc2cccc(F)c2)n3C)ccn1. The highest BCUT2D eigenvalue weighted by Crippen LogP contribution is 2.28. The van der Waals surface area contributed by atoms with Crippen LogP contribution >= 0.6 is 0 Å². The van der Waals surface area contributed by atoms with Gasteiger partial charge in [0.1, 0.15) is 23.0 Å². The molecule has 0 fully saturated rings. The molecule has 8 heteroatoms. The van der Waals surface area contributed by atoms with Crippen LogP contribution in [0.15, 0.2) is 60.8 Å². The summed E-state index contributed by atoms with van der Waals surface area (Å²) in [5, 5.41) is 5.65. The summed E-state index contributed by atoms with van der Waals surface area (Å²) in [4.78, 5) is 20.3. The second-order valence-corrected chi connectivity index (χ2v) is 6.34. The smallest absolute Gasteiger partial charge is 0.269 e. The van der Waals surface area contributed by atoms with Gasteiger partial charge in [0.2, 0.25) is 5.95 Å². The minimum Gasteiger partial charge on any atom is -0.457 e. The lowest BCUT2D eigenvalue weighted by Crippen LogP contribution is -2.18. The van der Waals surface area contributed by atoms with Crippen molar-refractivity contribution in [3.63, 3.8) is 0 Å². The Bertz CT molecular complexity index is 1200. The third-order valence-corrected chi connectivity index (χ3v) is 4.36. The fourth-order valence-electron chi connectivity index (χ4n) is 2.91. The number of fused-ring (bicyclic) bond motifs is 1. The highest BCUT2D eigenvalue weighted by Gasteiger charge is 2.11. The van der Waals surface area contributed by atoms with E-state index in [1.54, 1.807) is 37.4 Å². The van der Waals surface area contributed by atoms with Crippen LogP contribution < -0.4 is 15.4 Å². The molecular formula is C21H18FN5O2. The molecular weight excluding hydrogens is 373 g/mol. The number of halogens is 1. The van der Waals surface area contributed by atoms with Crippen LogP contribution in [0.1, 0.15) is 10.5 Å². The molecule has 2 heterocycles. The molecule has 0 aliphatic rings. The number of hydrogen-bond donors (Lipinski definition) is 2. The maximum atomic E-state index is 13.4. The van der Waals surface area contributed by atoms with E-state index in [1.807, 2.05) is 23.7 Å². The Morgan fingerprint density at radius 2 is 1.93 bits per heavy atom. The molecule has 0 atom stereocenters. The number of carbonyl (C=O) groups is 1. The Kier molecular flexibility index (Phi) is 4.82. The van der Waals surface area contributed by atoms with Crippen LogP contribution in [0.4, 0.5) is 16.0 Å². The summed E-state index contributed by atoms with van der Waals surface area (Å²) >= 11 is 0. The Morgan fingerprint density at radius 3 is 2.72 bits per heavy atom. The largest absolute Gasteiger partial charge is 0.457 e. The molecule has 146 valence electrons. The van der Waals surface area contributed by atoms with Gasteiger partial charge in [0.15, 0.2) is 0 Å². The number of nitrogens with zero attached hydrogens (tertiary/aromatic N) is 3. The van der Waals surface area contributed by atoms with Gasteiger partial charge in [-0.05, 0) is 36.4 Å². The molecule has 0 spiro atoms. The van der Waals surface area contributed by atoms with Crippen molar-refractivity contribution in [1.29, 1.82) is 0 Å². The number of aromatic nitrogens is 3. The monoisotopic (exact) mass is 391 g/mol. The van der Waals surface area contributed by atoms with Crippen LogP contribution in [0.3, 0.4) is 0 Å². The van der Waals surface area contributed by atoms with Gasteiger partial charge in [-0.1, -0.05) is 6.07 Å². The fraction of sp³-hybridized carbons (Fsp3) is 0.0952. The Morgan fingerprint density at radius 1 is 1.10 bits per heavy atom. The number of aryl methyl sites for hydroxylation is 1. The van der Waals surface area contributed by atoms with Gasteiger partial charge in [0, 0.05) is 38.1 Å². The van der Waals surface area contributed by atoms with Crippen molar-refractivity contribution in [1.82, 2.24) is 19.9 Å². The molecule has 4 aromatic rings. The van der Waals surface area contributed by atoms with Crippen molar-refractivity contribution in [2.75, 3.05) is 12.4 Å². The molecule has 0 aliphatic carbocycles. The molecule has 4 rings (SSSR count). The maximum Gasteiger partial charge on any atom is 0.269 e. The zero-order chi connectivity index (χ0) is 20.4. The number of nitrogens with one attached hydrogen (secondary N) is 2. The molecule has 7 nitrogen and oxygen atoms in total. The highest BCUT2D eigenvalue weighted by molar-refractivity contribution is 5.92. The number of anilines is 2. The van der Waals surface area contributed by atoms with Gasteiger partial charge in [-0.25, -0.2) is 9.37 Å². The van der Waals surface area contributed by atoms with Crippen molar-refractivity contribution in [3.05, 3.63) is 72.3 Å². The van der Waals surface area contributed by atoms with Gasteiger partial charge in [-0.3, -0.25) is 9.78 Å². The lowest BCUT2D eigenvalue weighted by Gasteiger charge is -2.07. The molecule has 0 unspecified atom stereocenters. The molecule has 0 radical (unpaired) electrons. The number of pyridine rings is 1. The molecule has 1 amide bonds. The lowest BCUT2D eigenvalue weighted by atomic mass is 10.3. The van der Waals surface area contributed by atoms with E-state index in [-0.39, 0.29) is 17.4 Å². The van der Waals surface area contributed by atoms with E-state index in [4.69, 9.17) is 4.74 Å². The number of rotatable bonds is 5. The molecule has 0 saturated carbocycles. The predicted octanol–water partition coefficient (Wildman–Crippen LogP) is 4.00. The minimum atomic E-state index is -0.321. The molecule has 2 aromatic heterocycles. The summed E-state index contributed by atoms with van der Waals surface area (Å²) in [6.07, 6.45) is 1.51. The molecule has 2 aromatic carbocycles. The standard InChI is InChI=1S/C21H18FN5O2/c1-23-20(28)18-12-16(8-9-24-18)29-15-6-7-19-17(11-15)26-21(27(19)2)25-14-5-3-4-13(22)10-14/h3-12H,1-2H3,(H,23,28)(H,25,26). The van der Waals surface area contributed by atoms with Crippen LogP contribution in [0, 0.1) is 5.82 Å². The van der Waals surface area contributed by atoms with Gasteiger partial charge in [0.25, 0.3) is 5.91 Å². The number of ether oxygens (including phenoxy) is 1. The molecule has 2 N–H and O–H groups in total. The number of carbonyl (C=O) groups excluding carboxylic acids is 1. The zero-order valence-electron chi connectivity index (χ0n) is 15.8. The highest BCUT2D eigenvalue weighted by atomic mass is 19.1. The summed E-state index contributed by atoms with van der Waals surface area (Å²) in [6.45, 7) is 0.